The van der Waals surface area contributed by atoms with Gasteiger partial charge in [-0.15, -0.1) is 5.10 Å². The van der Waals surface area contributed by atoms with E-state index in [4.69, 9.17) is 16.3 Å². The van der Waals surface area contributed by atoms with Gasteiger partial charge in [0.15, 0.2) is 17.8 Å². The molecule has 0 bridgehead atoms. The zero-order valence-corrected chi connectivity index (χ0v) is 25.6. The van der Waals surface area contributed by atoms with Gasteiger partial charge in [0.05, 0.1) is 35.2 Å². The highest BCUT2D eigenvalue weighted by Crippen LogP contribution is 2.34. The van der Waals surface area contributed by atoms with Gasteiger partial charge < -0.3 is 34.1 Å². The standard InChI is InChI=1S/C29H28ClF3N8O6/c1-2-20-24(38-7-9-39(10-8-38)26(44)23-21(42)15-47-37-23)27(45)41-28(35-25(36-41)16-5-11-46-12-6-16)40(20)14-22(43)34-19-4-3-17(13-18(19)30)29(31,32)33/h3-5,13,15,42H,2,6-12,14H2,1H3,(H,34,43). The zero-order valence-electron chi connectivity index (χ0n) is 24.9. The van der Waals surface area contributed by atoms with Gasteiger partial charge in [0.1, 0.15) is 12.2 Å². The molecule has 1 aromatic carbocycles. The number of hydrogen-bond acceptors (Lipinski definition) is 10. The molecular weight excluding hydrogens is 649 g/mol. The molecule has 5 heterocycles. The van der Waals surface area contributed by atoms with Crippen molar-refractivity contribution in [1.29, 1.82) is 0 Å². The molecule has 0 radical (unpaired) electrons. The highest BCUT2D eigenvalue weighted by Gasteiger charge is 2.32. The molecule has 4 aromatic rings. The first-order valence-corrected chi connectivity index (χ1v) is 15.0. The number of nitrogens with one attached hydrogen (secondary N) is 1. The van der Waals surface area contributed by atoms with E-state index in [0.29, 0.717) is 37.6 Å². The van der Waals surface area contributed by atoms with Gasteiger partial charge in [-0.3, -0.25) is 14.4 Å². The molecule has 14 nitrogen and oxygen atoms in total. The van der Waals surface area contributed by atoms with Gasteiger partial charge in [0.25, 0.3) is 11.5 Å². The molecule has 0 saturated carbocycles. The summed E-state index contributed by atoms with van der Waals surface area (Å²) in [5.74, 6) is -1.13. The smallest absolute Gasteiger partial charge is 0.416 e. The Balaban J connectivity index is 1.35. The number of aromatic nitrogens is 5. The highest BCUT2D eigenvalue weighted by molar-refractivity contribution is 6.33. The van der Waals surface area contributed by atoms with E-state index in [-0.39, 0.29) is 66.3 Å². The van der Waals surface area contributed by atoms with E-state index < -0.39 is 29.1 Å². The van der Waals surface area contributed by atoms with Crippen LogP contribution < -0.4 is 15.8 Å². The van der Waals surface area contributed by atoms with Gasteiger partial charge in [0, 0.05) is 26.2 Å². The third-order valence-electron chi connectivity index (χ3n) is 7.92. The van der Waals surface area contributed by atoms with Gasteiger partial charge >= 0.3 is 6.18 Å². The molecule has 0 spiro atoms. The van der Waals surface area contributed by atoms with Crippen LogP contribution in [0, 0.1) is 0 Å². The van der Waals surface area contributed by atoms with Crippen LogP contribution in [0.4, 0.5) is 24.5 Å². The fourth-order valence-corrected chi connectivity index (χ4v) is 5.81. The number of halogens is 4. The minimum absolute atomic E-state index is 0.0199. The summed E-state index contributed by atoms with van der Waals surface area (Å²) in [6.07, 6.45) is -1.03. The molecule has 2 amide bonds. The number of piperazine rings is 1. The van der Waals surface area contributed by atoms with Crippen LogP contribution in [0.2, 0.25) is 5.02 Å². The Morgan fingerprint density at radius 3 is 2.55 bits per heavy atom. The third kappa shape index (κ3) is 6.27. The lowest BCUT2D eigenvalue weighted by molar-refractivity contribution is -0.137. The number of ether oxygens (including phenoxy) is 1. The van der Waals surface area contributed by atoms with E-state index in [2.05, 4.69) is 25.1 Å². The van der Waals surface area contributed by atoms with Gasteiger partial charge in [0.2, 0.25) is 17.4 Å². The van der Waals surface area contributed by atoms with Crippen molar-refractivity contribution in [3.8, 4) is 5.75 Å². The van der Waals surface area contributed by atoms with Crippen LogP contribution in [0.15, 0.2) is 39.9 Å². The van der Waals surface area contributed by atoms with Crippen LogP contribution in [0.3, 0.4) is 0 Å². The van der Waals surface area contributed by atoms with Gasteiger partial charge in [-0.25, -0.2) is 0 Å². The van der Waals surface area contributed by atoms with E-state index in [1.165, 1.54) is 4.90 Å². The molecule has 2 aliphatic rings. The van der Waals surface area contributed by atoms with Crippen molar-refractivity contribution < 1.29 is 37.1 Å². The summed E-state index contributed by atoms with van der Waals surface area (Å²) in [5.41, 5.74) is -0.172. The maximum Gasteiger partial charge on any atom is 0.416 e. The van der Waals surface area contributed by atoms with Crippen molar-refractivity contribution in [3.05, 3.63) is 68.7 Å². The third-order valence-corrected chi connectivity index (χ3v) is 8.23. The molecule has 2 aliphatic heterocycles. The molecule has 0 unspecified atom stereocenters. The maximum absolute atomic E-state index is 14.1. The minimum atomic E-state index is -4.61. The van der Waals surface area contributed by atoms with Gasteiger partial charge in [-0.05, 0) is 36.6 Å². The maximum atomic E-state index is 14.1. The zero-order chi connectivity index (χ0) is 33.5. The molecule has 248 valence electrons. The molecular formula is C29H28ClF3N8O6. The van der Waals surface area contributed by atoms with Crippen LogP contribution in [0.25, 0.3) is 11.4 Å². The van der Waals surface area contributed by atoms with Gasteiger partial charge in [-0.2, -0.15) is 22.7 Å². The van der Waals surface area contributed by atoms with Crippen molar-refractivity contribution >= 4 is 46.1 Å². The van der Waals surface area contributed by atoms with E-state index >= 15 is 0 Å². The second-order valence-corrected chi connectivity index (χ2v) is 11.2. The number of hydrogen-bond donors (Lipinski definition) is 2. The SMILES string of the molecule is CCc1c(N2CCN(C(=O)c3nocc3O)CC2)c(=O)n2nc(C3=CCOCC3)nc2n1CC(=O)Nc1ccc(C(F)(F)F)cc1Cl. The Kier molecular flexibility index (Phi) is 8.67. The fraction of sp³-hybridized carbons (Fsp3) is 0.379. The Morgan fingerprint density at radius 1 is 1.17 bits per heavy atom. The van der Waals surface area contributed by atoms with Crippen molar-refractivity contribution in [2.45, 2.75) is 32.5 Å². The molecule has 18 heteroatoms. The quantitative estimate of drug-likeness (QED) is 0.298. The fourth-order valence-electron chi connectivity index (χ4n) is 5.58. The lowest BCUT2D eigenvalue weighted by atomic mass is 10.1. The van der Waals surface area contributed by atoms with Crippen LogP contribution in [0.1, 0.15) is 40.9 Å². The number of carbonyl (C=O) groups excluding carboxylic acids is 2. The largest absolute Gasteiger partial charge is 0.503 e. The second kappa shape index (κ2) is 12.7. The van der Waals surface area contributed by atoms with Gasteiger partial charge in [-0.1, -0.05) is 29.8 Å². The first-order valence-electron chi connectivity index (χ1n) is 14.6. The Morgan fingerprint density at radius 2 is 1.94 bits per heavy atom. The number of alkyl halides is 3. The number of amides is 2. The topological polar surface area (TPSA) is 160 Å². The van der Waals surface area contributed by atoms with E-state index in [0.717, 1.165) is 34.6 Å². The van der Waals surface area contributed by atoms with E-state index in [1.54, 1.807) is 16.4 Å². The lowest BCUT2D eigenvalue weighted by Gasteiger charge is -2.36. The summed E-state index contributed by atoms with van der Waals surface area (Å²) in [4.78, 5) is 48.2. The predicted molar refractivity (Wildman–Crippen MR) is 161 cm³/mol. The van der Waals surface area contributed by atoms with Crippen LogP contribution in [-0.2, 0) is 28.7 Å². The molecule has 1 saturated heterocycles. The molecule has 1 fully saturated rings. The van der Waals surface area contributed by atoms with E-state index in [9.17, 15) is 32.7 Å². The Hall–Kier alpha value is -4.90. The summed E-state index contributed by atoms with van der Waals surface area (Å²) < 4.78 is 52.2. The average Bonchev–Trinajstić information content (AvgIpc) is 3.70. The lowest BCUT2D eigenvalue weighted by Crippen LogP contribution is -2.51. The Labute approximate surface area is 269 Å². The van der Waals surface area contributed by atoms with Crippen molar-refractivity contribution in [2.75, 3.05) is 49.6 Å². The summed E-state index contributed by atoms with van der Waals surface area (Å²) >= 11 is 6.08. The number of benzene rings is 1. The normalized spacial score (nSPS) is 15.6. The summed E-state index contributed by atoms with van der Waals surface area (Å²) in [6, 6.07) is 2.61. The number of rotatable bonds is 7. The molecule has 0 atom stereocenters. The first-order chi connectivity index (χ1) is 22.5. The monoisotopic (exact) mass is 676 g/mol. The number of carbonyl (C=O) groups is 2. The number of nitrogens with zero attached hydrogens (tertiary/aromatic N) is 7. The van der Waals surface area contributed by atoms with Crippen LogP contribution >= 0.6 is 11.6 Å². The molecule has 6 rings (SSSR count). The molecule has 3 aromatic heterocycles. The predicted octanol–water partition coefficient (Wildman–Crippen LogP) is 3.22. The summed E-state index contributed by atoms with van der Waals surface area (Å²) in [7, 11) is 0. The molecule has 47 heavy (non-hydrogen) atoms. The minimum Gasteiger partial charge on any atom is -0.503 e. The van der Waals surface area contributed by atoms with Crippen molar-refractivity contribution in [1.82, 2.24) is 29.2 Å². The second-order valence-electron chi connectivity index (χ2n) is 10.8. The highest BCUT2D eigenvalue weighted by atomic mass is 35.5. The van der Waals surface area contributed by atoms with Crippen molar-refractivity contribution in [3.63, 3.8) is 0 Å². The molecule has 0 aliphatic carbocycles. The summed E-state index contributed by atoms with van der Waals surface area (Å²) in [6.45, 7) is 3.07. The van der Waals surface area contributed by atoms with E-state index in [1.807, 2.05) is 6.08 Å². The van der Waals surface area contributed by atoms with Crippen molar-refractivity contribution in [2.24, 2.45) is 0 Å². The number of fused-ring (bicyclic) bond motifs is 1. The summed E-state index contributed by atoms with van der Waals surface area (Å²) in [5, 5.41) is 20.2. The van der Waals surface area contributed by atoms with Crippen LogP contribution in [0.5, 0.6) is 5.75 Å². The van der Waals surface area contributed by atoms with Crippen LogP contribution in [-0.4, -0.2) is 85.5 Å². The number of anilines is 2. The number of aromatic hydroxyl groups is 1. The first kappa shape index (κ1) is 32.1. The average molecular weight is 677 g/mol. The molecule has 2 N–H and O–H groups in total. The Bertz CT molecular complexity index is 1940.